The molecule has 84 valence electrons. The molecule has 1 unspecified atom stereocenters. The number of aliphatic hydroxyl groups excluding tert-OH is 1. The summed E-state index contributed by atoms with van der Waals surface area (Å²) in [6.45, 7) is 4.03. The molecule has 0 radical (unpaired) electrons. The first-order valence-corrected chi connectivity index (χ1v) is 5.14. The molecule has 15 heavy (non-hydrogen) atoms. The van der Waals surface area contributed by atoms with E-state index in [1.807, 2.05) is 12.1 Å². The summed E-state index contributed by atoms with van der Waals surface area (Å²) in [4.78, 5) is 0. The van der Waals surface area contributed by atoms with Crippen LogP contribution in [0, 0.1) is 0 Å². The summed E-state index contributed by atoms with van der Waals surface area (Å²) in [7, 11) is 1.51. The van der Waals surface area contributed by atoms with Crippen molar-refractivity contribution in [1.82, 2.24) is 0 Å². The van der Waals surface area contributed by atoms with Gasteiger partial charge in [0.1, 0.15) is 0 Å². The van der Waals surface area contributed by atoms with Crippen LogP contribution < -0.4 is 4.74 Å². The fourth-order valence-electron chi connectivity index (χ4n) is 1.49. The van der Waals surface area contributed by atoms with E-state index < -0.39 is 0 Å². The minimum atomic E-state index is -0.174. The van der Waals surface area contributed by atoms with E-state index in [-0.39, 0.29) is 12.4 Å². The van der Waals surface area contributed by atoms with Gasteiger partial charge in [-0.25, -0.2) is 0 Å². The van der Waals surface area contributed by atoms with Crippen molar-refractivity contribution in [2.45, 2.75) is 32.8 Å². The molecule has 0 bridgehead atoms. The zero-order chi connectivity index (χ0) is 11.4. The van der Waals surface area contributed by atoms with E-state index in [9.17, 15) is 5.11 Å². The molecular weight excluding hydrogens is 192 g/mol. The highest BCUT2D eigenvalue weighted by molar-refractivity contribution is 5.49. The van der Waals surface area contributed by atoms with Gasteiger partial charge in [0, 0.05) is 5.56 Å². The molecule has 2 N–H and O–H groups in total. The molecule has 0 fully saturated rings. The minimum absolute atomic E-state index is 0.0343. The first-order valence-electron chi connectivity index (χ1n) is 5.14. The van der Waals surface area contributed by atoms with E-state index in [1.165, 1.54) is 7.11 Å². The zero-order valence-corrected chi connectivity index (χ0v) is 9.45. The molecule has 3 heteroatoms. The summed E-state index contributed by atoms with van der Waals surface area (Å²) in [6.07, 6.45) is 1.01. The maximum atomic E-state index is 9.68. The lowest BCUT2D eigenvalue weighted by atomic mass is 9.96. The third-order valence-electron chi connectivity index (χ3n) is 2.75. The molecule has 0 heterocycles. The van der Waals surface area contributed by atoms with Crippen molar-refractivity contribution in [3.05, 3.63) is 23.3 Å². The fraction of sp³-hybridized carbons (Fsp3) is 0.500. The average molecular weight is 210 g/mol. The highest BCUT2D eigenvalue weighted by Gasteiger charge is 2.12. The van der Waals surface area contributed by atoms with E-state index in [0.717, 1.165) is 12.0 Å². The Morgan fingerprint density at radius 1 is 1.40 bits per heavy atom. The summed E-state index contributed by atoms with van der Waals surface area (Å²) in [6, 6.07) is 3.65. The van der Waals surface area contributed by atoms with Crippen molar-refractivity contribution in [3.8, 4) is 11.5 Å². The second-order valence-corrected chi connectivity index (χ2v) is 3.70. The molecular formula is C12H18O3. The van der Waals surface area contributed by atoms with Crippen molar-refractivity contribution in [1.29, 1.82) is 0 Å². The Bertz CT molecular complexity index is 309. The summed E-state index contributed by atoms with van der Waals surface area (Å²) < 4.78 is 5.06. The van der Waals surface area contributed by atoms with Crippen LogP contribution in [0.25, 0.3) is 0 Å². The van der Waals surface area contributed by atoms with Gasteiger partial charge < -0.3 is 14.9 Å². The highest BCUT2D eigenvalue weighted by Crippen LogP contribution is 2.34. The van der Waals surface area contributed by atoms with Crippen LogP contribution in [0.15, 0.2) is 12.1 Å². The standard InChI is InChI=1S/C12H18O3/c1-4-8(2)9-5-10(7-13)12(14)11(6-9)15-3/h5-6,8,13-14H,4,7H2,1-3H3. The largest absolute Gasteiger partial charge is 0.504 e. The van der Waals surface area contributed by atoms with Gasteiger partial charge in [0.05, 0.1) is 13.7 Å². The number of ether oxygens (including phenoxy) is 1. The molecule has 0 aliphatic carbocycles. The molecule has 1 rings (SSSR count). The summed E-state index contributed by atoms with van der Waals surface area (Å²) in [5.74, 6) is 0.855. The smallest absolute Gasteiger partial charge is 0.163 e. The highest BCUT2D eigenvalue weighted by atomic mass is 16.5. The van der Waals surface area contributed by atoms with Crippen molar-refractivity contribution in [2.24, 2.45) is 0 Å². The van der Waals surface area contributed by atoms with Crippen LogP contribution >= 0.6 is 0 Å². The predicted octanol–water partition coefficient (Wildman–Crippen LogP) is 2.41. The maximum absolute atomic E-state index is 9.68. The van der Waals surface area contributed by atoms with Crippen LogP contribution in [0.1, 0.15) is 37.3 Å². The van der Waals surface area contributed by atoms with E-state index in [4.69, 9.17) is 9.84 Å². The van der Waals surface area contributed by atoms with Gasteiger partial charge in [0.15, 0.2) is 11.5 Å². The van der Waals surface area contributed by atoms with Crippen molar-refractivity contribution < 1.29 is 14.9 Å². The van der Waals surface area contributed by atoms with Crippen LogP contribution in [0.3, 0.4) is 0 Å². The van der Waals surface area contributed by atoms with Gasteiger partial charge >= 0.3 is 0 Å². The summed E-state index contributed by atoms with van der Waals surface area (Å²) >= 11 is 0. The first kappa shape index (κ1) is 11.9. The number of aliphatic hydroxyl groups is 1. The van der Waals surface area contributed by atoms with Crippen LogP contribution in [0.5, 0.6) is 11.5 Å². The van der Waals surface area contributed by atoms with Gasteiger partial charge in [-0.15, -0.1) is 0 Å². The van der Waals surface area contributed by atoms with Crippen molar-refractivity contribution >= 4 is 0 Å². The monoisotopic (exact) mass is 210 g/mol. The molecule has 0 amide bonds. The van der Waals surface area contributed by atoms with Crippen LogP contribution in [0.4, 0.5) is 0 Å². The Labute approximate surface area is 90.3 Å². The number of hydrogen-bond acceptors (Lipinski definition) is 3. The van der Waals surface area contributed by atoms with Crippen molar-refractivity contribution in [2.75, 3.05) is 7.11 Å². The van der Waals surface area contributed by atoms with Crippen molar-refractivity contribution in [3.63, 3.8) is 0 Å². The molecule has 0 aliphatic rings. The Morgan fingerprint density at radius 2 is 2.07 bits per heavy atom. The number of aromatic hydroxyl groups is 1. The van der Waals surface area contributed by atoms with Gasteiger partial charge in [0.2, 0.25) is 0 Å². The number of phenols is 1. The Kier molecular flexibility index (Phi) is 3.97. The molecule has 0 aliphatic heterocycles. The van der Waals surface area contributed by atoms with Crippen LogP contribution in [-0.2, 0) is 6.61 Å². The molecule has 0 aromatic heterocycles. The number of hydrogen-bond donors (Lipinski definition) is 2. The van der Waals surface area contributed by atoms with Crippen LogP contribution in [0.2, 0.25) is 0 Å². The zero-order valence-electron chi connectivity index (χ0n) is 9.45. The second kappa shape index (κ2) is 5.03. The number of rotatable bonds is 4. The molecule has 1 atom stereocenters. The maximum Gasteiger partial charge on any atom is 0.163 e. The molecule has 0 saturated heterocycles. The van der Waals surface area contributed by atoms with E-state index in [1.54, 1.807) is 0 Å². The quantitative estimate of drug-likeness (QED) is 0.802. The van der Waals surface area contributed by atoms with E-state index in [0.29, 0.717) is 17.2 Å². The molecule has 1 aromatic carbocycles. The van der Waals surface area contributed by atoms with Gasteiger partial charge in [-0.1, -0.05) is 13.8 Å². The topological polar surface area (TPSA) is 49.7 Å². The summed E-state index contributed by atoms with van der Waals surface area (Å²) in [5.41, 5.74) is 1.60. The predicted molar refractivity (Wildman–Crippen MR) is 59.3 cm³/mol. The average Bonchev–Trinajstić information content (AvgIpc) is 2.28. The van der Waals surface area contributed by atoms with E-state index >= 15 is 0 Å². The SMILES string of the molecule is CCC(C)c1cc(CO)c(O)c(OC)c1. The fourth-order valence-corrected chi connectivity index (χ4v) is 1.49. The third kappa shape index (κ3) is 2.42. The van der Waals surface area contributed by atoms with Gasteiger partial charge in [-0.3, -0.25) is 0 Å². The van der Waals surface area contributed by atoms with Gasteiger partial charge in [-0.2, -0.15) is 0 Å². The second-order valence-electron chi connectivity index (χ2n) is 3.70. The lowest BCUT2D eigenvalue weighted by molar-refractivity contribution is 0.272. The van der Waals surface area contributed by atoms with Gasteiger partial charge in [0.25, 0.3) is 0 Å². The molecule has 3 nitrogen and oxygen atoms in total. The molecule has 0 spiro atoms. The van der Waals surface area contributed by atoms with E-state index in [2.05, 4.69) is 13.8 Å². The molecule has 1 aromatic rings. The Morgan fingerprint density at radius 3 is 2.53 bits per heavy atom. The molecule has 0 saturated carbocycles. The lowest BCUT2D eigenvalue weighted by Gasteiger charge is -2.14. The Hall–Kier alpha value is -1.22. The number of methoxy groups -OCH3 is 1. The first-order chi connectivity index (χ1) is 7.13. The Balaban J connectivity index is 3.20. The van der Waals surface area contributed by atoms with Gasteiger partial charge in [-0.05, 0) is 30.0 Å². The third-order valence-corrected chi connectivity index (χ3v) is 2.75. The van der Waals surface area contributed by atoms with Crippen LogP contribution in [-0.4, -0.2) is 17.3 Å². The lowest BCUT2D eigenvalue weighted by Crippen LogP contribution is -1.97. The summed E-state index contributed by atoms with van der Waals surface area (Å²) in [5, 5.41) is 18.8. The number of benzene rings is 1. The minimum Gasteiger partial charge on any atom is -0.504 e. The normalized spacial score (nSPS) is 12.5.